The van der Waals surface area contributed by atoms with Crippen molar-refractivity contribution in [2.75, 3.05) is 12.3 Å². The zero-order valence-corrected chi connectivity index (χ0v) is 10.2. The van der Waals surface area contributed by atoms with Crippen LogP contribution in [0.2, 0.25) is 0 Å². The SMILES string of the molecule is C#CCCn1c(CC)nc(C(=O)OCC)c1N. The largest absolute Gasteiger partial charge is 0.461 e. The molecule has 5 nitrogen and oxygen atoms in total. The van der Waals surface area contributed by atoms with Gasteiger partial charge in [0.15, 0.2) is 5.69 Å². The molecule has 1 heterocycles. The molecule has 0 unspecified atom stereocenters. The number of terminal acetylenes is 1. The molecule has 0 aliphatic heterocycles. The summed E-state index contributed by atoms with van der Waals surface area (Å²) in [5.74, 6) is 3.13. The molecule has 2 N–H and O–H groups in total. The Morgan fingerprint density at radius 2 is 2.29 bits per heavy atom. The second-order valence-corrected chi connectivity index (χ2v) is 3.44. The van der Waals surface area contributed by atoms with E-state index in [1.807, 2.05) is 6.92 Å². The number of hydrogen-bond acceptors (Lipinski definition) is 4. The lowest BCUT2D eigenvalue weighted by molar-refractivity contribution is 0.0521. The van der Waals surface area contributed by atoms with E-state index < -0.39 is 5.97 Å². The Hall–Kier alpha value is -1.96. The van der Waals surface area contributed by atoms with Crippen LogP contribution in [0.15, 0.2) is 0 Å². The molecule has 0 radical (unpaired) electrons. The van der Waals surface area contributed by atoms with E-state index in [1.54, 1.807) is 11.5 Å². The number of anilines is 1. The van der Waals surface area contributed by atoms with Gasteiger partial charge < -0.3 is 15.0 Å². The molecule has 0 atom stereocenters. The first kappa shape index (κ1) is 13.1. The van der Waals surface area contributed by atoms with Gasteiger partial charge in [-0.1, -0.05) is 6.92 Å². The molecular weight excluding hydrogens is 218 g/mol. The molecule has 0 saturated carbocycles. The molecule has 1 rings (SSSR count). The van der Waals surface area contributed by atoms with Gasteiger partial charge in [0.1, 0.15) is 11.6 Å². The highest BCUT2D eigenvalue weighted by Gasteiger charge is 2.20. The number of esters is 1. The maximum Gasteiger partial charge on any atom is 0.360 e. The highest BCUT2D eigenvalue weighted by atomic mass is 16.5. The van der Waals surface area contributed by atoms with E-state index >= 15 is 0 Å². The number of nitrogen functional groups attached to an aromatic ring is 1. The van der Waals surface area contributed by atoms with Crippen LogP contribution in [0, 0.1) is 12.3 Å². The summed E-state index contributed by atoms with van der Waals surface area (Å²) in [6.07, 6.45) is 6.46. The zero-order chi connectivity index (χ0) is 12.8. The van der Waals surface area contributed by atoms with Crippen molar-refractivity contribution in [1.82, 2.24) is 9.55 Å². The van der Waals surface area contributed by atoms with Gasteiger partial charge in [0.05, 0.1) is 6.61 Å². The lowest BCUT2D eigenvalue weighted by Gasteiger charge is -2.06. The van der Waals surface area contributed by atoms with Gasteiger partial charge >= 0.3 is 5.97 Å². The first-order valence-electron chi connectivity index (χ1n) is 5.61. The number of nitrogens with zero attached hydrogens (tertiary/aromatic N) is 2. The Bertz CT molecular complexity index is 443. The summed E-state index contributed by atoms with van der Waals surface area (Å²) >= 11 is 0. The van der Waals surface area contributed by atoms with Crippen LogP contribution in [0.1, 0.15) is 36.6 Å². The van der Waals surface area contributed by atoms with Crippen molar-refractivity contribution in [3.8, 4) is 12.3 Å². The summed E-state index contributed by atoms with van der Waals surface area (Å²) in [6, 6.07) is 0. The van der Waals surface area contributed by atoms with Crippen LogP contribution in [-0.4, -0.2) is 22.1 Å². The normalized spacial score (nSPS) is 9.94. The molecule has 0 aliphatic carbocycles. The number of nitrogens with two attached hydrogens (primary N) is 1. The molecule has 0 aliphatic rings. The van der Waals surface area contributed by atoms with Crippen LogP contribution < -0.4 is 5.73 Å². The molecule has 92 valence electrons. The average molecular weight is 235 g/mol. The van der Waals surface area contributed by atoms with Crippen molar-refractivity contribution in [3.63, 3.8) is 0 Å². The monoisotopic (exact) mass is 235 g/mol. The van der Waals surface area contributed by atoms with Gasteiger partial charge in [0.2, 0.25) is 0 Å². The topological polar surface area (TPSA) is 70.1 Å². The van der Waals surface area contributed by atoms with Crippen molar-refractivity contribution in [3.05, 3.63) is 11.5 Å². The predicted molar refractivity (Wildman–Crippen MR) is 65.4 cm³/mol. The number of aryl methyl sites for hydroxylation is 1. The average Bonchev–Trinajstić information content (AvgIpc) is 2.64. The van der Waals surface area contributed by atoms with Crippen LogP contribution >= 0.6 is 0 Å². The highest BCUT2D eigenvalue weighted by Crippen LogP contribution is 2.16. The van der Waals surface area contributed by atoms with E-state index in [1.165, 1.54) is 0 Å². The van der Waals surface area contributed by atoms with Gasteiger partial charge in [-0.25, -0.2) is 9.78 Å². The van der Waals surface area contributed by atoms with Gasteiger partial charge in [-0.15, -0.1) is 12.3 Å². The maximum absolute atomic E-state index is 11.6. The maximum atomic E-state index is 11.6. The van der Waals surface area contributed by atoms with Crippen LogP contribution in [0.25, 0.3) is 0 Å². The molecule has 1 aromatic rings. The molecule has 5 heteroatoms. The Balaban J connectivity index is 3.05. The zero-order valence-electron chi connectivity index (χ0n) is 10.2. The van der Waals surface area contributed by atoms with Gasteiger partial charge in [0.25, 0.3) is 0 Å². The van der Waals surface area contributed by atoms with Gasteiger partial charge in [-0.05, 0) is 6.92 Å². The van der Waals surface area contributed by atoms with Crippen LogP contribution in [-0.2, 0) is 17.7 Å². The van der Waals surface area contributed by atoms with E-state index in [2.05, 4.69) is 10.9 Å². The summed E-state index contributed by atoms with van der Waals surface area (Å²) < 4.78 is 6.66. The van der Waals surface area contributed by atoms with Crippen LogP contribution in [0.5, 0.6) is 0 Å². The third kappa shape index (κ3) is 2.78. The number of aromatic nitrogens is 2. The number of hydrogen-bond donors (Lipinski definition) is 1. The first-order valence-corrected chi connectivity index (χ1v) is 5.61. The van der Waals surface area contributed by atoms with Gasteiger partial charge in [0, 0.05) is 19.4 Å². The minimum absolute atomic E-state index is 0.181. The third-order valence-electron chi connectivity index (χ3n) is 2.35. The second kappa shape index (κ2) is 5.94. The molecule has 1 aromatic heterocycles. The van der Waals surface area contributed by atoms with Gasteiger partial charge in [-0.2, -0.15) is 0 Å². The summed E-state index contributed by atoms with van der Waals surface area (Å²) in [6.45, 7) is 4.56. The molecule has 0 fully saturated rings. The molecule has 0 aromatic carbocycles. The number of carbonyl (C=O) groups excluding carboxylic acids is 1. The van der Waals surface area contributed by atoms with Crippen molar-refractivity contribution in [2.45, 2.75) is 33.2 Å². The second-order valence-electron chi connectivity index (χ2n) is 3.44. The van der Waals surface area contributed by atoms with E-state index in [4.69, 9.17) is 16.9 Å². The highest BCUT2D eigenvalue weighted by molar-refractivity contribution is 5.92. The minimum Gasteiger partial charge on any atom is -0.461 e. The summed E-state index contributed by atoms with van der Waals surface area (Å²) in [7, 11) is 0. The minimum atomic E-state index is -0.487. The molecule has 17 heavy (non-hydrogen) atoms. The van der Waals surface area contributed by atoms with E-state index in [9.17, 15) is 4.79 Å². The molecule has 0 saturated heterocycles. The van der Waals surface area contributed by atoms with Crippen molar-refractivity contribution in [1.29, 1.82) is 0 Å². The van der Waals surface area contributed by atoms with Crippen molar-refractivity contribution < 1.29 is 9.53 Å². The van der Waals surface area contributed by atoms with Crippen molar-refractivity contribution in [2.24, 2.45) is 0 Å². The molecule has 0 amide bonds. The molecule has 0 spiro atoms. The predicted octanol–water partition coefficient (Wildman–Crippen LogP) is 1.23. The standard InChI is InChI=1S/C12H17N3O2/c1-4-7-8-15-9(5-2)14-10(11(15)13)12(16)17-6-3/h1H,5-8,13H2,2-3H3. The Labute approximate surface area is 101 Å². The Kier molecular flexibility index (Phi) is 4.58. The van der Waals surface area contributed by atoms with E-state index in [0.717, 1.165) is 5.82 Å². The first-order chi connectivity index (χ1) is 8.15. The number of ether oxygens (including phenoxy) is 1. The van der Waals surface area contributed by atoms with E-state index in [0.29, 0.717) is 31.8 Å². The van der Waals surface area contributed by atoms with Crippen LogP contribution in [0.3, 0.4) is 0 Å². The quantitative estimate of drug-likeness (QED) is 0.615. The van der Waals surface area contributed by atoms with Crippen molar-refractivity contribution >= 4 is 11.8 Å². The molecular formula is C12H17N3O2. The Morgan fingerprint density at radius 1 is 1.59 bits per heavy atom. The summed E-state index contributed by atoms with van der Waals surface area (Å²) in [5, 5.41) is 0. The fourth-order valence-corrected chi connectivity index (χ4v) is 1.56. The lowest BCUT2D eigenvalue weighted by atomic mass is 10.4. The third-order valence-corrected chi connectivity index (χ3v) is 2.35. The smallest absolute Gasteiger partial charge is 0.360 e. The fraction of sp³-hybridized carbons (Fsp3) is 0.500. The Morgan fingerprint density at radius 3 is 2.82 bits per heavy atom. The van der Waals surface area contributed by atoms with Gasteiger partial charge in [-0.3, -0.25) is 0 Å². The fourth-order valence-electron chi connectivity index (χ4n) is 1.56. The summed E-state index contributed by atoms with van der Waals surface area (Å²) in [5.41, 5.74) is 6.06. The molecule has 0 bridgehead atoms. The number of imidazole rings is 1. The number of rotatable bonds is 5. The number of carbonyl (C=O) groups is 1. The lowest BCUT2D eigenvalue weighted by Crippen LogP contribution is -2.10. The summed E-state index contributed by atoms with van der Waals surface area (Å²) in [4.78, 5) is 15.8. The van der Waals surface area contributed by atoms with E-state index in [-0.39, 0.29) is 5.69 Å². The van der Waals surface area contributed by atoms with Crippen LogP contribution in [0.4, 0.5) is 5.82 Å².